The van der Waals surface area contributed by atoms with E-state index in [1.807, 2.05) is 24.8 Å². The molecule has 0 aliphatic carbocycles. The topological polar surface area (TPSA) is 55.3 Å². The first-order valence-corrected chi connectivity index (χ1v) is 7.46. The highest BCUT2D eigenvalue weighted by atomic mass is 16.5. The summed E-state index contributed by atoms with van der Waals surface area (Å²) in [6, 6.07) is 1.86. The molecule has 1 fully saturated rings. The highest BCUT2D eigenvalue weighted by Gasteiger charge is 2.23. The third-order valence-corrected chi connectivity index (χ3v) is 3.59. The molecule has 0 atom stereocenters. The van der Waals surface area contributed by atoms with Gasteiger partial charge in [0.2, 0.25) is 11.8 Å². The van der Waals surface area contributed by atoms with Gasteiger partial charge in [0.05, 0.1) is 0 Å². The van der Waals surface area contributed by atoms with Crippen molar-refractivity contribution in [2.75, 3.05) is 13.1 Å². The van der Waals surface area contributed by atoms with Gasteiger partial charge in [0, 0.05) is 44.1 Å². The SMILES string of the molecule is C=CCCC(=O)N1CCC(Oc2cc(C)nc(C)n2)CC1. The van der Waals surface area contributed by atoms with E-state index < -0.39 is 0 Å². The fraction of sp³-hybridized carbons (Fsp3) is 0.562. The van der Waals surface area contributed by atoms with E-state index >= 15 is 0 Å². The van der Waals surface area contributed by atoms with Crippen LogP contribution in [-0.2, 0) is 4.79 Å². The summed E-state index contributed by atoms with van der Waals surface area (Å²) in [5.74, 6) is 1.57. The van der Waals surface area contributed by atoms with Gasteiger partial charge in [-0.1, -0.05) is 6.08 Å². The molecule has 1 amide bonds. The number of likely N-dealkylation sites (tertiary alicyclic amines) is 1. The van der Waals surface area contributed by atoms with Crippen LogP contribution in [0.2, 0.25) is 0 Å². The van der Waals surface area contributed by atoms with Crippen molar-refractivity contribution in [2.45, 2.75) is 45.6 Å². The number of hydrogen-bond acceptors (Lipinski definition) is 4. The lowest BCUT2D eigenvalue weighted by molar-refractivity contribution is -0.132. The van der Waals surface area contributed by atoms with E-state index in [-0.39, 0.29) is 12.0 Å². The molecule has 1 aliphatic heterocycles. The quantitative estimate of drug-likeness (QED) is 0.781. The van der Waals surface area contributed by atoms with Crippen LogP contribution in [0.1, 0.15) is 37.2 Å². The maximum Gasteiger partial charge on any atom is 0.222 e. The highest BCUT2D eigenvalue weighted by molar-refractivity contribution is 5.76. The minimum atomic E-state index is 0.127. The molecule has 0 N–H and O–H groups in total. The molecule has 0 unspecified atom stereocenters. The monoisotopic (exact) mass is 289 g/mol. The van der Waals surface area contributed by atoms with Crippen molar-refractivity contribution in [1.82, 2.24) is 14.9 Å². The van der Waals surface area contributed by atoms with Crippen LogP contribution in [0.4, 0.5) is 0 Å². The van der Waals surface area contributed by atoms with Crippen molar-refractivity contribution in [1.29, 1.82) is 0 Å². The van der Waals surface area contributed by atoms with Crippen LogP contribution >= 0.6 is 0 Å². The molecule has 2 heterocycles. The highest BCUT2D eigenvalue weighted by Crippen LogP contribution is 2.18. The lowest BCUT2D eigenvalue weighted by Crippen LogP contribution is -2.41. The molecule has 1 saturated heterocycles. The fourth-order valence-corrected chi connectivity index (χ4v) is 2.52. The molecule has 1 aromatic heterocycles. The van der Waals surface area contributed by atoms with Crippen molar-refractivity contribution < 1.29 is 9.53 Å². The van der Waals surface area contributed by atoms with E-state index in [0.717, 1.165) is 43.9 Å². The van der Waals surface area contributed by atoms with Crippen LogP contribution in [-0.4, -0.2) is 40.0 Å². The number of nitrogens with zero attached hydrogens (tertiary/aromatic N) is 3. The third-order valence-electron chi connectivity index (χ3n) is 3.59. The number of amides is 1. The van der Waals surface area contributed by atoms with Crippen molar-refractivity contribution in [2.24, 2.45) is 0 Å². The number of aromatic nitrogens is 2. The van der Waals surface area contributed by atoms with Gasteiger partial charge in [-0.15, -0.1) is 6.58 Å². The summed E-state index contributed by atoms with van der Waals surface area (Å²) in [4.78, 5) is 22.4. The van der Waals surface area contributed by atoms with Gasteiger partial charge in [0.15, 0.2) is 0 Å². The zero-order valence-corrected chi connectivity index (χ0v) is 12.8. The van der Waals surface area contributed by atoms with Crippen LogP contribution in [0.15, 0.2) is 18.7 Å². The van der Waals surface area contributed by atoms with E-state index in [1.165, 1.54) is 0 Å². The van der Waals surface area contributed by atoms with Crippen molar-refractivity contribution in [3.63, 3.8) is 0 Å². The maximum atomic E-state index is 11.9. The summed E-state index contributed by atoms with van der Waals surface area (Å²) in [5.41, 5.74) is 0.912. The predicted molar refractivity (Wildman–Crippen MR) is 81.2 cm³/mol. The van der Waals surface area contributed by atoms with Crippen LogP contribution in [0.3, 0.4) is 0 Å². The predicted octanol–water partition coefficient (Wildman–Crippen LogP) is 2.43. The molecule has 0 aromatic carbocycles. The number of carbonyl (C=O) groups is 1. The molecule has 114 valence electrons. The number of aryl methyl sites for hydroxylation is 2. The molecule has 5 heteroatoms. The van der Waals surface area contributed by atoms with E-state index in [2.05, 4.69) is 16.5 Å². The summed E-state index contributed by atoms with van der Waals surface area (Å²) in [7, 11) is 0. The Morgan fingerprint density at radius 2 is 2.14 bits per heavy atom. The molecule has 0 radical (unpaired) electrons. The summed E-state index contributed by atoms with van der Waals surface area (Å²) in [5, 5.41) is 0. The number of hydrogen-bond donors (Lipinski definition) is 0. The Kier molecular flexibility index (Phi) is 5.31. The normalized spacial score (nSPS) is 15.8. The largest absolute Gasteiger partial charge is 0.474 e. The zero-order chi connectivity index (χ0) is 15.2. The molecule has 0 bridgehead atoms. The third kappa shape index (κ3) is 4.55. The van der Waals surface area contributed by atoms with Gasteiger partial charge in [-0.05, 0) is 20.3 Å². The molecule has 2 rings (SSSR count). The van der Waals surface area contributed by atoms with Gasteiger partial charge in [0.1, 0.15) is 11.9 Å². The van der Waals surface area contributed by atoms with Crippen LogP contribution in [0.5, 0.6) is 5.88 Å². The second-order valence-corrected chi connectivity index (χ2v) is 5.42. The van der Waals surface area contributed by atoms with Gasteiger partial charge in [-0.25, -0.2) is 4.98 Å². The number of allylic oxidation sites excluding steroid dienone is 1. The minimum absolute atomic E-state index is 0.127. The molecule has 1 aliphatic rings. The van der Waals surface area contributed by atoms with E-state index in [0.29, 0.717) is 12.3 Å². The molecule has 21 heavy (non-hydrogen) atoms. The summed E-state index contributed by atoms with van der Waals surface area (Å²) in [6.07, 6.45) is 4.91. The van der Waals surface area contributed by atoms with Gasteiger partial charge >= 0.3 is 0 Å². The molecular weight excluding hydrogens is 266 g/mol. The first-order chi connectivity index (χ1) is 10.1. The number of carbonyl (C=O) groups excluding carboxylic acids is 1. The van der Waals surface area contributed by atoms with Gasteiger partial charge < -0.3 is 9.64 Å². The molecule has 0 spiro atoms. The van der Waals surface area contributed by atoms with E-state index in [1.54, 1.807) is 6.08 Å². The lowest BCUT2D eigenvalue weighted by atomic mass is 10.1. The Morgan fingerprint density at radius 1 is 1.43 bits per heavy atom. The first-order valence-electron chi connectivity index (χ1n) is 7.46. The summed E-state index contributed by atoms with van der Waals surface area (Å²) < 4.78 is 5.92. The first kappa shape index (κ1) is 15.5. The Balaban J connectivity index is 1.83. The average molecular weight is 289 g/mol. The average Bonchev–Trinajstić information content (AvgIpc) is 2.44. The standard InChI is InChI=1S/C16H23N3O2/c1-4-5-6-16(20)19-9-7-14(8-10-19)21-15-11-12(2)17-13(3)18-15/h4,11,14H,1,5-10H2,2-3H3. The Labute approximate surface area is 126 Å². The Morgan fingerprint density at radius 3 is 2.76 bits per heavy atom. The second kappa shape index (κ2) is 7.20. The Hall–Kier alpha value is -1.91. The second-order valence-electron chi connectivity index (χ2n) is 5.42. The van der Waals surface area contributed by atoms with Crippen molar-refractivity contribution in [3.05, 3.63) is 30.2 Å². The van der Waals surface area contributed by atoms with Crippen LogP contribution in [0.25, 0.3) is 0 Å². The molecular formula is C16H23N3O2. The van der Waals surface area contributed by atoms with Gasteiger partial charge in [0.25, 0.3) is 0 Å². The van der Waals surface area contributed by atoms with Gasteiger partial charge in [-0.2, -0.15) is 4.98 Å². The Bertz CT molecular complexity index is 488. The molecule has 0 saturated carbocycles. The summed E-state index contributed by atoms with van der Waals surface area (Å²) >= 11 is 0. The minimum Gasteiger partial charge on any atom is -0.474 e. The van der Waals surface area contributed by atoms with E-state index in [4.69, 9.17) is 4.74 Å². The van der Waals surface area contributed by atoms with Crippen molar-refractivity contribution >= 4 is 5.91 Å². The van der Waals surface area contributed by atoms with Gasteiger partial charge in [-0.3, -0.25) is 4.79 Å². The summed E-state index contributed by atoms with van der Waals surface area (Å²) in [6.45, 7) is 8.95. The van der Waals surface area contributed by atoms with Crippen LogP contribution < -0.4 is 4.74 Å². The number of ether oxygens (including phenoxy) is 1. The van der Waals surface area contributed by atoms with E-state index in [9.17, 15) is 4.79 Å². The van der Waals surface area contributed by atoms with Crippen molar-refractivity contribution in [3.8, 4) is 5.88 Å². The molecule has 5 nitrogen and oxygen atoms in total. The number of piperidine rings is 1. The zero-order valence-electron chi connectivity index (χ0n) is 12.8. The molecule has 1 aromatic rings. The lowest BCUT2D eigenvalue weighted by Gasteiger charge is -2.32. The smallest absolute Gasteiger partial charge is 0.222 e. The fourth-order valence-electron chi connectivity index (χ4n) is 2.52. The number of rotatable bonds is 5. The van der Waals surface area contributed by atoms with Crippen LogP contribution in [0, 0.1) is 13.8 Å². The maximum absolute atomic E-state index is 11.9.